The Balaban J connectivity index is -0.000000138. The Morgan fingerprint density at radius 3 is 1.73 bits per heavy atom. The number of nitrogens with zero attached hydrogens (tertiary/aromatic N) is 3. The SMILES string of the molecule is CCc1cc(O)c(C)cc1OC[N-]C.CCc1cc(OC(=O)[CH-]O[N+](=O)[O-])c(C)cc1OC[N-]C.[CH3-].[I][V]([I])[I].[Re].[Rf].[Ru+].[Ru+]. The minimum atomic E-state index is -1.10. The second kappa shape index (κ2) is 32.9. The Hall–Kier alpha value is -0.0165. The van der Waals surface area contributed by atoms with Gasteiger partial charge in [0.25, 0.3) is 5.09 Å². The van der Waals surface area contributed by atoms with E-state index in [0.717, 1.165) is 28.9 Å². The predicted octanol–water partition coefficient (Wildman–Crippen LogP) is 7.87. The summed E-state index contributed by atoms with van der Waals surface area (Å²) in [6, 6.07) is 6.97. The smallest absolute Gasteiger partial charge is 0 e. The van der Waals surface area contributed by atoms with E-state index in [-0.39, 0.29) is 78.5 Å². The van der Waals surface area contributed by atoms with Crippen LogP contribution < -0.4 is 14.2 Å². The summed E-state index contributed by atoms with van der Waals surface area (Å²) in [5, 5.41) is 26.1. The third-order valence-corrected chi connectivity index (χ3v) is 4.64. The molecule has 0 unspecified atom stereocenters. The van der Waals surface area contributed by atoms with Crippen LogP contribution in [0.15, 0.2) is 24.3 Å². The molecule has 0 saturated carbocycles. The van der Waals surface area contributed by atoms with E-state index in [1.807, 2.05) is 26.8 Å². The molecule has 0 aliphatic heterocycles. The van der Waals surface area contributed by atoms with Gasteiger partial charge < -0.3 is 42.2 Å². The first-order valence-electron chi connectivity index (χ1n) is 11.4. The molecule has 19 heteroatoms. The Labute approximate surface area is 332 Å². The van der Waals surface area contributed by atoms with E-state index in [1.165, 1.54) is 0 Å². The molecule has 0 aliphatic rings. The molecule has 0 saturated heterocycles. The number of halogens is 3. The molecular formula is C25H35I3N3O8ReRfRu2V-2. The van der Waals surface area contributed by atoms with Crippen molar-refractivity contribution in [1.29, 1.82) is 0 Å². The fourth-order valence-corrected chi connectivity index (χ4v) is 2.83. The molecule has 0 fully saturated rings. The number of hydrogen-bond donors (Lipinski definition) is 1. The molecule has 251 valence electrons. The van der Waals surface area contributed by atoms with Gasteiger partial charge in [-0.2, -0.15) is 14.1 Å². The molecule has 1 N–H and O–H groups in total. The molecule has 0 spiro atoms. The Morgan fingerprint density at radius 2 is 1.34 bits per heavy atom. The van der Waals surface area contributed by atoms with Crippen molar-refractivity contribution in [2.24, 2.45) is 0 Å². The van der Waals surface area contributed by atoms with Crippen molar-refractivity contribution in [1.82, 2.24) is 0 Å². The summed E-state index contributed by atoms with van der Waals surface area (Å²) >= 11 is 7.39. The van der Waals surface area contributed by atoms with E-state index >= 15 is 0 Å². The summed E-state index contributed by atoms with van der Waals surface area (Å²) in [5.41, 5.74) is 3.33. The topological polar surface area (TPSA) is 146 Å². The number of rotatable bonds is 12. The van der Waals surface area contributed by atoms with Gasteiger partial charge >= 0.3 is 104 Å². The zero-order valence-corrected chi connectivity index (χ0v) is 45.7. The number of aryl methyl sites for hydroxylation is 4. The van der Waals surface area contributed by atoms with Crippen molar-refractivity contribution in [3.05, 3.63) is 81.3 Å². The van der Waals surface area contributed by atoms with Crippen LogP contribution >= 0.6 is 59.9 Å². The summed E-state index contributed by atoms with van der Waals surface area (Å²) in [6.07, 6.45) is 1.51. The summed E-state index contributed by atoms with van der Waals surface area (Å²) in [4.78, 5) is 24.9. The van der Waals surface area contributed by atoms with Crippen LogP contribution in [0.2, 0.25) is 0 Å². The van der Waals surface area contributed by atoms with Crippen molar-refractivity contribution >= 4 is 65.9 Å². The van der Waals surface area contributed by atoms with Gasteiger partial charge in [-0.15, -0.1) is 16.7 Å². The van der Waals surface area contributed by atoms with Crippen LogP contribution in [0.3, 0.4) is 0 Å². The van der Waals surface area contributed by atoms with E-state index in [2.05, 4.69) is 75.4 Å². The normalized spacial score (nSPS) is 8.77. The van der Waals surface area contributed by atoms with Gasteiger partial charge in [-0.05, 0) is 73.2 Å². The predicted molar refractivity (Wildman–Crippen MR) is 179 cm³/mol. The van der Waals surface area contributed by atoms with E-state index in [9.17, 15) is 20.0 Å². The number of benzene rings is 2. The Morgan fingerprint density at radius 1 is 0.932 bits per heavy atom. The number of carbonyl (C=O) groups is 1. The second-order valence-corrected chi connectivity index (χ2v) is 42.8. The largest absolute Gasteiger partial charge is 1.00 e. The summed E-state index contributed by atoms with van der Waals surface area (Å²) < 4.78 is 15.9. The molecule has 0 aromatic heterocycles. The van der Waals surface area contributed by atoms with Crippen LogP contribution in [0.1, 0.15) is 36.1 Å². The first kappa shape index (κ1) is 56.3. The summed E-state index contributed by atoms with van der Waals surface area (Å²) in [7, 11) is 3.35. The maximum absolute atomic E-state index is 11.4. The van der Waals surface area contributed by atoms with E-state index < -0.39 is 11.1 Å². The Kier molecular flexibility index (Phi) is 42.1. The standard InChI is InChI=1S/C13H16N2O6.C11H16NO2.CH3.3HI.Re.Rf.2Ru.V/c1-4-10-6-11(21-13(16)7-20-15(17)18)9(2)5-12(10)19-8-14-3;1-4-9-6-10(13)8(2)5-11(9)14-7-12-3;;;;;;;;;/h5-7H,4,8H2,1-3H3;5-6,13H,4,7H2,1-3H3;1H3;3*1H;;;;;/q-2;2*-1;;;;;;2*+1;+3/p-3. The van der Waals surface area contributed by atoms with E-state index in [1.54, 1.807) is 39.2 Å². The molecular weight excluding hydrogens is 1560 g/mol. The van der Waals surface area contributed by atoms with Gasteiger partial charge in [0.05, 0.1) is 0 Å². The first-order valence-corrected chi connectivity index (χ1v) is 24.9. The van der Waals surface area contributed by atoms with Gasteiger partial charge in [0.2, 0.25) is 0 Å². The molecule has 44 heavy (non-hydrogen) atoms. The number of esters is 1. The minimum Gasteiger partial charge on any atom is 0 e. The van der Waals surface area contributed by atoms with Crippen molar-refractivity contribution in [3.63, 3.8) is 0 Å². The molecule has 0 atom stereocenters. The zero-order valence-electron chi connectivity index (χ0n) is 25.2. The van der Waals surface area contributed by atoms with Crippen LogP contribution in [0.4, 0.5) is 0 Å². The fraction of sp³-hybridized carbons (Fsp3) is 0.400. The third kappa shape index (κ3) is 25.1. The number of hydrogen-bond acceptors (Lipinski definition) is 8. The summed E-state index contributed by atoms with van der Waals surface area (Å²) in [5.74, 6) is 1.12. The number of ether oxygens (including phenoxy) is 3. The van der Waals surface area contributed by atoms with Crippen LogP contribution in [-0.4, -0.2) is 43.7 Å². The fourth-order valence-electron chi connectivity index (χ4n) is 2.83. The van der Waals surface area contributed by atoms with E-state index in [4.69, 9.17) is 14.2 Å². The quantitative estimate of drug-likeness (QED) is 0.0430. The Bertz CT molecular complexity index is 1070. The van der Waals surface area contributed by atoms with E-state index in [0.29, 0.717) is 42.6 Å². The van der Waals surface area contributed by atoms with Crippen molar-refractivity contribution in [2.45, 2.75) is 40.5 Å². The van der Waals surface area contributed by atoms with Crippen LogP contribution in [-0.2, 0) is 86.8 Å². The third-order valence-electron chi connectivity index (χ3n) is 4.64. The second-order valence-electron chi connectivity index (χ2n) is 7.42. The van der Waals surface area contributed by atoms with Crippen molar-refractivity contribution in [2.75, 3.05) is 27.6 Å². The summed E-state index contributed by atoms with van der Waals surface area (Å²) in [6.45, 7) is 8.52. The molecule has 0 heterocycles. The average Bonchev–Trinajstić information content (AvgIpc) is 2.87. The number of aromatic hydroxyl groups is 1. The van der Waals surface area contributed by atoms with Gasteiger partial charge in [0.1, 0.15) is 23.0 Å². The number of carbonyl (C=O) groups excluding carboxylic acids is 1. The molecule has 3 radical (unpaired) electrons. The van der Waals surface area contributed by atoms with Gasteiger partial charge in [-0.3, -0.25) is 4.79 Å². The first-order chi connectivity index (χ1) is 18.4. The number of phenolic OH excluding ortho intramolecular Hbond substituents is 1. The van der Waals surface area contributed by atoms with Crippen LogP contribution in [0, 0.1) is 38.0 Å². The van der Waals surface area contributed by atoms with Gasteiger partial charge in [0.15, 0.2) is 5.97 Å². The molecule has 2 rings (SSSR count). The van der Waals surface area contributed by atoms with Gasteiger partial charge in [-0.25, -0.2) is 0 Å². The molecule has 2 aromatic carbocycles. The molecule has 0 amide bonds. The zero-order chi connectivity index (χ0) is 30.0. The molecule has 11 nitrogen and oxygen atoms in total. The molecule has 0 bridgehead atoms. The maximum Gasteiger partial charge on any atom is 1.00 e. The molecule has 2 aromatic rings. The monoisotopic (exact) mass is 1590 g/mol. The van der Waals surface area contributed by atoms with Gasteiger partial charge in [0, 0.05) is 33.9 Å². The number of phenols is 1. The van der Waals surface area contributed by atoms with Gasteiger partial charge in [-0.1, -0.05) is 13.8 Å². The van der Waals surface area contributed by atoms with Crippen LogP contribution in [0.25, 0.3) is 10.6 Å². The maximum atomic E-state index is 11.4. The van der Waals surface area contributed by atoms with Crippen molar-refractivity contribution < 1.29 is 98.3 Å². The average molecular weight is 1590 g/mol. The minimum absolute atomic E-state index is 0. The van der Waals surface area contributed by atoms with Crippen molar-refractivity contribution in [3.8, 4) is 23.0 Å². The van der Waals surface area contributed by atoms with Crippen LogP contribution in [0.5, 0.6) is 23.0 Å². The molecule has 0 aliphatic carbocycles.